The lowest BCUT2D eigenvalue weighted by molar-refractivity contribution is 0.611. The molecular weight excluding hydrogens is 198 g/mol. The Hall–Kier alpha value is -1.27. The van der Waals surface area contributed by atoms with Crippen molar-refractivity contribution in [3.8, 4) is 6.07 Å². The van der Waals surface area contributed by atoms with E-state index < -0.39 is 0 Å². The molecule has 1 N–H and O–H groups in total. The van der Waals surface area contributed by atoms with Crippen LogP contribution in [0, 0.1) is 24.2 Å². The van der Waals surface area contributed by atoms with Gasteiger partial charge in [0.25, 0.3) is 0 Å². The summed E-state index contributed by atoms with van der Waals surface area (Å²) in [5, 5.41) is 12.4. The van der Waals surface area contributed by atoms with E-state index in [2.05, 4.69) is 18.3 Å². The van der Waals surface area contributed by atoms with E-state index in [1.807, 2.05) is 17.7 Å². The van der Waals surface area contributed by atoms with Crippen molar-refractivity contribution in [2.24, 2.45) is 13.0 Å². The first kappa shape index (κ1) is 11.2. The second-order valence-corrected chi connectivity index (χ2v) is 4.72. The van der Waals surface area contributed by atoms with Crippen LogP contribution in [0.25, 0.3) is 0 Å². The van der Waals surface area contributed by atoms with Crippen LogP contribution in [0.15, 0.2) is 6.07 Å². The van der Waals surface area contributed by atoms with Crippen LogP contribution in [0.2, 0.25) is 0 Å². The summed E-state index contributed by atoms with van der Waals surface area (Å²) in [5.74, 6) is 0.985. The molecule has 0 radical (unpaired) electrons. The predicted molar refractivity (Wildman–Crippen MR) is 63.9 cm³/mol. The van der Waals surface area contributed by atoms with Gasteiger partial charge >= 0.3 is 0 Å². The molecule has 0 saturated heterocycles. The fraction of sp³-hybridized carbons (Fsp3) is 0.615. The average molecular weight is 217 g/mol. The van der Waals surface area contributed by atoms with Gasteiger partial charge in [0.1, 0.15) is 11.8 Å². The van der Waals surface area contributed by atoms with Gasteiger partial charge < -0.3 is 9.88 Å². The van der Waals surface area contributed by atoms with Gasteiger partial charge in [-0.05, 0) is 37.4 Å². The van der Waals surface area contributed by atoms with Crippen LogP contribution in [0.5, 0.6) is 0 Å². The third-order valence-electron chi connectivity index (χ3n) is 3.50. The van der Waals surface area contributed by atoms with Crippen molar-refractivity contribution in [1.82, 2.24) is 9.88 Å². The summed E-state index contributed by atoms with van der Waals surface area (Å²) >= 11 is 0. The van der Waals surface area contributed by atoms with Gasteiger partial charge in [-0.2, -0.15) is 5.26 Å². The van der Waals surface area contributed by atoms with Crippen molar-refractivity contribution >= 4 is 0 Å². The van der Waals surface area contributed by atoms with Gasteiger partial charge in [-0.3, -0.25) is 0 Å². The van der Waals surface area contributed by atoms with Gasteiger partial charge in [0.2, 0.25) is 0 Å². The van der Waals surface area contributed by atoms with Crippen molar-refractivity contribution in [3.63, 3.8) is 0 Å². The molecule has 1 heterocycles. The molecule has 0 unspecified atom stereocenters. The van der Waals surface area contributed by atoms with Gasteiger partial charge in [-0.1, -0.05) is 12.8 Å². The second-order valence-electron chi connectivity index (χ2n) is 4.72. The SMILES string of the molecule is Cc1c(CNCCC2CC2)cc(C#N)n1C. The van der Waals surface area contributed by atoms with Crippen molar-refractivity contribution in [3.05, 3.63) is 23.0 Å². The molecule has 0 bridgehead atoms. The molecule has 0 aromatic carbocycles. The molecule has 1 aromatic heterocycles. The topological polar surface area (TPSA) is 40.8 Å². The Morgan fingerprint density at radius 1 is 1.56 bits per heavy atom. The summed E-state index contributed by atoms with van der Waals surface area (Å²) in [6.07, 6.45) is 4.15. The molecule has 1 aliphatic rings. The standard InChI is InChI=1S/C13H19N3/c1-10-12(7-13(8-14)16(10)2)9-15-6-5-11-3-4-11/h7,11,15H,3-6,9H2,1-2H3. The highest BCUT2D eigenvalue weighted by molar-refractivity contribution is 5.33. The number of nitrogens with one attached hydrogen (secondary N) is 1. The molecule has 1 fully saturated rings. The van der Waals surface area contributed by atoms with Gasteiger partial charge in [0.15, 0.2) is 0 Å². The monoisotopic (exact) mass is 217 g/mol. The molecular formula is C13H19N3. The van der Waals surface area contributed by atoms with Crippen LogP contribution in [0.3, 0.4) is 0 Å². The van der Waals surface area contributed by atoms with Crippen molar-refractivity contribution in [2.75, 3.05) is 6.54 Å². The summed E-state index contributed by atoms with van der Waals surface area (Å²) in [4.78, 5) is 0. The highest BCUT2D eigenvalue weighted by Gasteiger charge is 2.20. The molecule has 0 atom stereocenters. The van der Waals surface area contributed by atoms with Gasteiger partial charge in [-0.25, -0.2) is 0 Å². The fourth-order valence-electron chi connectivity index (χ4n) is 1.98. The number of hydrogen-bond acceptors (Lipinski definition) is 2. The van der Waals surface area contributed by atoms with Crippen molar-refractivity contribution < 1.29 is 0 Å². The van der Waals surface area contributed by atoms with Crippen LogP contribution in [0.4, 0.5) is 0 Å². The first-order valence-corrected chi connectivity index (χ1v) is 5.98. The lowest BCUT2D eigenvalue weighted by Crippen LogP contribution is -2.15. The molecule has 0 spiro atoms. The number of nitrogens with zero attached hydrogens (tertiary/aromatic N) is 2. The minimum Gasteiger partial charge on any atom is -0.340 e. The lowest BCUT2D eigenvalue weighted by atomic mass is 10.2. The molecule has 2 rings (SSSR count). The summed E-state index contributed by atoms with van der Waals surface area (Å²) in [6, 6.07) is 4.20. The van der Waals surface area contributed by atoms with E-state index in [1.165, 1.54) is 30.5 Å². The van der Waals surface area contributed by atoms with E-state index in [1.54, 1.807) is 0 Å². The largest absolute Gasteiger partial charge is 0.340 e. The summed E-state index contributed by atoms with van der Waals surface area (Å²) in [5.41, 5.74) is 3.18. The Labute approximate surface area is 97.1 Å². The molecule has 86 valence electrons. The van der Waals surface area contributed by atoms with E-state index in [0.717, 1.165) is 24.7 Å². The maximum Gasteiger partial charge on any atom is 0.120 e. The van der Waals surface area contributed by atoms with E-state index >= 15 is 0 Å². The van der Waals surface area contributed by atoms with Crippen LogP contribution in [-0.4, -0.2) is 11.1 Å². The summed E-state index contributed by atoms with van der Waals surface area (Å²) in [7, 11) is 1.95. The fourth-order valence-corrected chi connectivity index (χ4v) is 1.98. The lowest BCUT2D eigenvalue weighted by Gasteiger charge is -2.04. The molecule has 1 aromatic rings. The summed E-state index contributed by atoms with van der Waals surface area (Å²) < 4.78 is 1.96. The smallest absolute Gasteiger partial charge is 0.120 e. The zero-order valence-electron chi connectivity index (χ0n) is 10.1. The maximum atomic E-state index is 8.92. The van der Waals surface area contributed by atoms with Gasteiger partial charge in [0.05, 0.1) is 0 Å². The number of nitriles is 1. The Morgan fingerprint density at radius 3 is 2.88 bits per heavy atom. The van der Waals surface area contributed by atoms with E-state index in [-0.39, 0.29) is 0 Å². The zero-order chi connectivity index (χ0) is 11.5. The Bertz CT molecular complexity index is 408. The van der Waals surface area contributed by atoms with Crippen molar-refractivity contribution in [2.45, 2.75) is 32.7 Å². The third-order valence-corrected chi connectivity index (χ3v) is 3.50. The average Bonchev–Trinajstić information content (AvgIpc) is 3.06. The molecule has 1 aliphatic carbocycles. The first-order chi connectivity index (χ1) is 7.72. The molecule has 16 heavy (non-hydrogen) atoms. The van der Waals surface area contributed by atoms with Crippen LogP contribution in [0.1, 0.15) is 36.2 Å². The molecule has 0 amide bonds. The van der Waals surface area contributed by atoms with E-state index in [0.29, 0.717) is 0 Å². The highest BCUT2D eigenvalue weighted by Crippen LogP contribution is 2.31. The Balaban J connectivity index is 1.85. The van der Waals surface area contributed by atoms with E-state index in [4.69, 9.17) is 5.26 Å². The maximum absolute atomic E-state index is 8.92. The minimum absolute atomic E-state index is 0.747. The van der Waals surface area contributed by atoms with E-state index in [9.17, 15) is 0 Å². The molecule has 0 aliphatic heterocycles. The highest BCUT2D eigenvalue weighted by atomic mass is 15.0. The minimum atomic E-state index is 0.747. The molecule has 1 saturated carbocycles. The number of rotatable bonds is 5. The van der Waals surface area contributed by atoms with Crippen LogP contribution < -0.4 is 5.32 Å². The number of hydrogen-bond donors (Lipinski definition) is 1. The van der Waals surface area contributed by atoms with Crippen molar-refractivity contribution in [1.29, 1.82) is 5.26 Å². The first-order valence-electron chi connectivity index (χ1n) is 5.98. The second kappa shape index (κ2) is 4.71. The predicted octanol–water partition coefficient (Wildman–Crippen LogP) is 2.09. The van der Waals surface area contributed by atoms with Crippen LogP contribution >= 0.6 is 0 Å². The zero-order valence-corrected chi connectivity index (χ0v) is 10.1. The quantitative estimate of drug-likeness (QED) is 0.767. The Morgan fingerprint density at radius 2 is 2.31 bits per heavy atom. The molecule has 3 nitrogen and oxygen atoms in total. The van der Waals surface area contributed by atoms with Crippen LogP contribution in [-0.2, 0) is 13.6 Å². The number of aromatic nitrogens is 1. The normalized spacial score (nSPS) is 15.1. The summed E-state index contributed by atoms with van der Waals surface area (Å²) in [6.45, 7) is 4.05. The third kappa shape index (κ3) is 2.45. The Kier molecular flexibility index (Phi) is 3.31. The molecule has 3 heteroatoms. The van der Waals surface area contributed by atoms with Gasteiger partial charge in [0, 0.05) is 19.3 Å². The van der Waals surface area contributed by atoms with Gasteiger partial charge in [-0.15, -0.1) is 0 Å².